The first-order valence-corrected chi connectivity index (χ1v) is 11.3. The Balaban J connectivity index is 1.35. The van der Waals surface area contributed by atoms with E-state index in [1.54, 1.807) is 0 Å². The molecule has 1 saturated carbocycles. The highest BCUT2D eigenvalue weighted by atomic mass is 32.1. The van der Waals surface area contributed by atoms with Gasteiger partial charge in [0.15, 0.2) is 5.82 Å². The molecule has 3 heterocycles. The van der Waals surface area contributed by atoms with Crippen molar-refractivity contribution in [2.24, 2.45) is 5.92 Å². The Labute approximate surface area is 180 Å². The lowest BCUT2D eigenvalue weighted by molar-refractivity contribution is 0.0938. The van der Waals surface area contributed by atoms with Crippen LogP contribution < -0.4 is 5.32 Å². The van der Waals surface area contributed by atoms with E-state index in [9.17, 15) is 4.79 Å². The quantitative estimate of drug-likeness (QED) is 0.679. The molecule has 7 heteroatoms. The van der Waals surface area contributed by atoms with Crippen LogP contribution in [0.5, 0.6) is 0 Å². The van der Waals surface area contributed by atoms with Gasteiger partial charge in [0.25, 0.3) is 5.91 Å². The molecule has 0 spiro atoms. The summed E-state index contributed by atoms with van der Waals surface area (Å²) in [7, 11) is 0. The summed E-state index contributed by atoms with van der Waals surface area (Å²) in [4.78, 5) is 21.8. The molecule has 156 valence electrons. The Kier molecular flexibility index (Phi) is 4.95. The number of nitrogens with zero attached hydrogens (tertiary/aromatic N) is 3. The summed E-state index contributed by atoms with van der Waals surface area (Å²) in [6.07, 6.45) is 1.77. The third-order valence-corrected chi connectivity index (χ3v) is 7.45. The van der Waals surface area contributed by atoms with Crippen molar-refractivity contribution in [2.75, 3.05) is 13.1 Å². The Morgan fingerprint density at radius 1 is 1.27 bits per heavy atom. The van der Waals surface area contributed by atoms with Gasteiger partial charge in [-0.3, -0.25) is 9.69 Å². The van der Waals surface area contributed by atoms with Crippen LogP contribution in [0.4, 0.5) is 0 Å². The molecule has 3 atom stereocenters. The molecule has 6 nitrogen and oxygen atoms in total. The molecule has 5 rings (SSSR count). The fraction of sp³-hybridized carbons (Fsp3) is 0.435. The molecule has 30 heavy (non-hydrogen) atoms. The molecule has 2 fully saturated rings. The fourth-order valence-electron chi connectivity index (χ4n) is 5.19. The molecule has 3 unspecified atom stereocenters. The highest BCUT2D eigenvalue weighted by Crippen LogP contribution is 2.50. The molecule has 2 aliphatic rings. The first kappa shape index (κ1) is 19.5. The van der Waals surface area contributed by atoms with Gasteiger partial charge >= 0.3 is 0 Å². The van der Waals surface area contributed by atoms with Crippen molar-refractivity contribution in [3.05, 3.63) is 69.5 Å². The number of fused-ring (bicyclic) bond motifs is 1. The SMILES string of the molecule is Cc1noc(C23CC(NC(=O)c4ccc(C)s4)CC2CN(Cc2ccccc2)C3)n1. The normalized spacial score (nSPS) is 26.1. The van der Waals surface area contributed by atoms with Gasteiger partial charge in [-0.05, 0) is 50.3 Å². The van der Waals surface area contributed by atoms with Gasteiger partial charge in [0.2, 0.25) is 5.89 Å². The number of benzene rings is 1. The van der Waals surface area contributed by atoms with Gasteiger partial charge in [-0.15, -0.1) is 11.3 Å². The van der Waals surface area contributed by atoms with E-state index in [2.05, 4.69) is 44.6 Å². The average molecular weight is 423 g/mol. The zero-order valence-electron chi connectivity index (χ0n) is 17.3. The second-order valence-electron chi connectivity index (χ2n) is 8.68. The number of hydrogen-bond acceptors (Lipinski definition) is 6. The van der Waals surface area contributed by atoms with Crippen LogP contribution in [0.2, 0.25) is 0 Å². The van der Waals surface area contributed by atoms with Crippen molar-refractivity contribution in [3.8, 4) is 0 Å². The summed E-state index contributed by atoms with van der Waals surface area (Å²) < 4.78 is 5.69. The second-order valence-corrected chi connectivity index (χ2v) is 9.96. The van der Waals surface area contributed by atoms with Crippen LogP contribution in [0.1, 0.15) is 44.7 Å². The summed E-state index contributed by atoms with van der Waals surface area (Å²) >= 11 is 1.54. The molecule has 3 aromatic rings. The van der Waals surface area contributed by atoms with Crippen molar-refractivity contribution in [2.45, 2.75) is 44.7 Å². The van der Waals surface area contributed by atoms with Crippen LogP contribution in [0.3, 0.4) is 0 Å². The highest BCUT2D eigenvalue weighted by Gasteiger charge is 2.57. The lowest BCUT2D eigenvalue weighted by atomic mass is 9.80. The molecular formula is C23H26N4O2S. The Hall–Kier alpha value is -2.51. The van der Waals surface area contributed by atoms with Crippen molar-refractivity contribution < 1.29 is 9.32 Å². The van der Waals surface area contributed by atoms with E-state index in [0.29, 0.717) is 11.7 Å². The van der Waals surface area contributed by atoms with E-state index < -0.39 is 0 Å². The predicted molar refractivity (Wildman–Crippen MR) is 115 cm³/mol. The van der Waals surface area contributed by atoms with Crippen molar-refractivity contribution >= 4 is 17.2 Å². The summed E-state index contributed by atoms with van der Waals surface area (Å²) in [6, 6.07) is 14.6. The van der Waals surface area contributed by atoms with E-state index in [4.69, 9.17) is 4.52 Å². The summed E-state index contributed by atoms with van der Waals surface area (Å²) in [5, 5.41) is 7.34. The topological polar surface area (TPSA) is 71.3 Å². The maximum Gasteiger partial charge on any atom is 0.261 e. The number of aromatic nitrogens is 2. The number of carbonyl (C=O) groups excluding carboxylic acids is 1. The summed E-state index contributed by atoms with van der Waals surface area (Å²) in [5.41, 5.74) is 1.12. The van der Waals surface area contributed by atoms with Crippen LogP contribution in [0.25, 0.3) is 0 Å². The smallest absolute Gasteiger partial charge is 0.261 e. The molecule has 1 amide bonds. The third kappa shape index (κ3) is 3.56. The second kappa shape index (κ2) is 7.63. The molecule has 1 aliphatic carbocycles. The first-order chi connectivity index (χ1) is 14.5. The summed E-state index contributed by atoms with van der Waals surface area (Å²) in [6.45, 7) is 6.65. The third-order valence-electron chi connectivity index (χ3n) is 6.45. The number of rotatable bonds is 5. The van der Waals surface area contributed by atoms with Gasteiger partial charge in [-0.25, -0.2) is 0 Å². The van der Waals surface area contributed by atoms with Crippen LogP contribution in [-0.2, 0) is 12.0 Å². The van der Waals surface area contributed by atoms with Crippen molar-refractivity contribution in [3.63, 3.8) is 0 Å². The number of aryl methyl sites for hydroxylation is 2. The Bertz CT molecular complexity index is 1050. The maximum atomic E-state index is 12.7. The zero-order chi connectivity index (χ0) is 20.7. The number of hydrogen-bond donors (Lipinski definition) is 1. The monoisotopic (exact) mass is 422 g/mol. The average Bonchev–Trinajstić information content (AvgIpc) is 3.46. The molecule has 0 bridgehead atoms. The number of amides is 1. The number of likely N-dealkylation sites (tertiary alicyclic amines) is 1. The summed E-state index contributed by atoms with van der Waals surface area (Å²) in [5.74, 6) is 1.80. The van der Waals surface area contributed by atoms with Gasteiger partial charge in [0.1, 0.15) is 0 Å². The lowest BCUT2D eigenvalue weighted by Crippen LogP contribution is -2.37. The minimum Gasteiger partial charge on any atom is -0.349 e. The lowest BCUT2D eigenvalue weighted by Gasteiger charge is -2.25. The fourth-order valence-corrected chi connectivity index (χ4v) is 5.96. The van der Waals surface area contributed by atoms with Crippen LogP contribution >= 0.6 is 11.3 Å². The van der Waals surface area contributed by atoms with Crippen LogP contribution in [0, 0.1) is 19.8 Å². The van der Waals surface area contributed by atoms with Crippen molar-refractivity contribution in [1.82, 2.24) is 20.4 Å². The molecule has 1 saturated heterocycles. The van der Waals surface area contributed by atoms with Crippen molar-refractivity contribution in [1.29, 1.82) is 0 Å². The first-order valence-electron chi connectivity index (χ1n) is 10.5. The highest BCUT2D eigenvalue weighted by molar-refractivity contribution is 7.13. The standard InChI is InChI=1S/C23H26N4O2S/c1-15-8-9-20(30-15)21(28)25-19-10-18-13-27(12-17-6-4-3-5-7-17)14-23(18,11-19)22-24-16(2)26-29-22/h3-9,18-19H,10-14H2,1-2H3,(H,25,28). The molecule has 1 aliphatic heterocycles. The van der Waals surface area contributed by atoms with E-state index in [0.717, 1.165) is 48.1 Å². The predicted octanol–water partition coefficient (Wildman–Crippen LogP) is 3.71. The van der Waals surface area contributed by atoms with Gasteiger partial charge < -0.3 is 9.84 Å². The van der Waals surface area contributed by atoms with Crippen LogP contribution in [-0.4, -0.2) is 40.1 Å². The zero-order valence-corrected chi connectivity index (χ0v) is 18.1. The number of thiophene rings is 1. The minimum atomic E-state index is -0.195. The molecular weight excluding hydrogens is 396 g/mol. The van der Waals surface area contributed by atoms with E-state index in [1.807, 2.05) is 32.0 Å². The molecule has 0 radical (unpaired) electrons. The van der Waals surface area contributed by atoms with Crippen LogP contribution in [0.15, 0.2) is 47.0 Å². The molecule has 1 aromatic carbocycles. The largest absolute Gasteiger partial charge is 0.349 e. The maximum absolute atomic E-state index is 12.7. The molecule has 2 aromatic heterocycles. The minimum absolute atomic E-state index is 0.0241. The van der Waals surface area contributed by atoms with E-state index in [-0.39, 0.29) is 17.4 Å². The Morgan fingerprint density at radius 3 is 2.80 bits per heavy atom. The number of nitrogens with one attached hydrogen (secondary N) is 1. The van der Waals surface area contributed by atoms with E-state index >= 15 is 0 Å². The van der Waals surface area contributed by atoms with E-state index in [1.165, 1.54) is 16.9 Å². The number of carbonyl (C=O) groups is 1. The van der Waals surface area contributed by atoms with Gasteiger partial charge in [0.05, 0.1) is 10.3 Å². The van der Waals surface area contributed by atoms with Gasteiger partial charge in [0, 0.05) is 30.6 Å². The Morgan fingerprint density at radius 2 is 2.10 bits per heavy atom. The van der Waals surface area contributed by atoms with Gasteiger partial charge in [-0.1, -0.05) is 35.5 Å². The molecule has 1 N–H and O–H groups in total. The van der Waals surface area contributed by atoms with Gasteiger partial charge in [-0.2, -0.15) is 4.98 Å².